The van der Waals surface area contributed by atoms with Gasteiger partial charge in [-0.25, -0.2) is 14.6 Å². The average Bonchev–Trinajstić information content (AvgIpc) is 2.77. The largest absolute Gasteiger partial charge is 0.444 e. The summed E-state index contributed by atoms with van der Waals surface area (Å²) in [6.45, 7) is 15.5. The molecular weight excluding hydrogens is 486 g/mol. The smallest absolute Gasteiger partial charge is 0.410 e. The average molecular weight is 522 g/mol. The number of halogens is 1. The van der Waals surface area contributed by atoms with Crippen molar-refractivity contribution in [2.45, 2.75) is 58.8 Å². The van der Waals surface area contributed by atoms with Crippen LogP contribution in [0.25, 0.3) is 0 Å². The Morgan fingerprint density at radius 3 is 2.08 bits per heavy atom. The van der Waals surface area contributed by atoms with Crippen molar-refractivity contribution in [3.8, 4) is 6.07 Å². The van der Waals surface area contributed by atoms with E-state index in [1.807, 2.05) is 52.5 Å². The summed E-state index contributed by atoms with van der Waals surface area (Å²) in [6.07, 6.45) is 0.750. The number of nitriles is 1. The summed E-state index contributed by atoms with van der Waals surface area (Å²) in [4.78, 5) is 41.6. The van der Waals surface area contributed by atoms with Crippen molar-refractivity contribution in [2.75, 3.05) is 57.3 Å². The summed E-state index contributed by atoms with van der Waals surface area (Å²) in [6, 6.07) is 1.84. The number of nitrogens with zero attached hydrogens (tertiary/aromatic N) is 7. The molecule has 3 heterocycles. The number of piperazine rings is 2. The molecular formula is C24H36ClN7O4. The molecule has 3 rings (SSSR count). The molecule has 0 N–H and O–H groups in total. The SMILES string of the molecule is CC(C)(C)OC(=O)N1CCN(CC2CN(C(=O)OC(C)(C)C)CCN2c2ncc(C#N)c(Cl)n2)CC1. The van der Waals surface area contributed by atoms with Crippen LogP contribution in [0.4, 0.5) is 15.5 Å². The number of carbonyl (C=O) groups excluding carboxylic acids is 2. The van der Waals surface area contributed by atoms with Crippen LogP contribution in [-0.2, 0) is 9.47 Å². The Labute approximate surface area is 217 Å². The third-order valence-corrected chi connectivity index (χ3v) is 6.02. The maximum absolute atomic E-state index is 12.8. The highest BCUT2D eigenvalue weighted by atomic mass is 35.5. The number of ether oxygens (including phenoxy) is 2. The van der Waals surface area contributed by atoms with Gasteiger partial charge < -0.3 is 24.2 Å². The molecule has 198 valence electrons. The van der Waals surface area contributed by atoms with Crippen LogP contribution in [0.1, 0.15) is 47.1 Å². The number of amides is 2. The van der Waals surface area contributed by atoms with Gasteiger partial charge >= 0.3 is 12.2 Å². The zero-order chi connectivity index (χ0) is 26.7. The van der Waals surface area contributed by atoms with E-state index < -0.39 is 11.2 Å². The molecule has 12 heteroatoms. The van der Waals surface area contributed by atoms with Crippen LogP contribution in [0.3, 0.4) is 0 Å². The lowest BCUT2D eigenvalue weighted by Gasteiger charge is -2.44. The van der Waals surface area contributed by atoms with Crippen molar-refractivity contribution < 1.29 is 19.1 Å². The standard InChI is InChI=1S/C24H36ClN7O4/c1-23(2,3)35-21(33)30-9-7-29(8-10-30)15-18-16-31(22(34)36-24(4,5)6)11-12-32(18)20-27-14-17(13-26)19(25)28-20/h14,18H,7-12,15-16H2,1-6H3. The lowest BCUT2D eigenvalue weighted by Crippen LogP contribution is -2.61. The fourth-order valence-corrected chi connectivity index (χ4v) is 4.24. The lowest BCUT2D eigenvalue weighted by molar-refractivity contribution is 0.0104. The topological polar surface area (TPSA) is 115 Å². The molecule has 2 saturated heterocycles. The van der Waals surface area contributed by atoms with E-state index in [9.17, 15) is 9.59 Å². The van der Waals surface area contributed by atoms with Crippen molar-refractivity contribution >= 4 is 29.7 Å². The maximum Gasteiger partial charge on any atom is 0.410 e. The molecule has 2 aliphatic heterocycles. The minimum atomic E-state index is -0.592. The van der Waals surface area contributed by atoms with E-state index in [0.717, 1.165) is 0 Å². The van der Waals surface area contributed by atoms with Crippen molar-refractivity contribution in [3.63, 3.8) is 0 Å². The first-order chi connectivity index (χ1) is 16.8. The number of rotatable bonds is 3. The Bertz CT molecular complexity index is 994. The fourth-order valence-electron chi connectivity index (χ4n) is 4.07. The highest BCUT2D eigenvalue weighted by molar-refractivity contribution is 6.30. The summed E-state index contributed by atoms with van der Waals surface area (Å²) < 4.78 is 11.1. The molecule has 1 unspecified atom stereocenters. The van der Waals surface area contributed by atoms with Gasteiger partial charge in [-0.2, -0.15) is 10.2 Å². The summed E-state index contributed by atoms with van der Waals surface area (Å²) in [5.74, 6) is 0.417. The molecule has 0 radical (unpaired) electrons. The Kier molecular flexibility index (Phi) is 8.52. The molecule has 0 saturated carbocycles. The van der Waals surface area contributed by atoms with Gasteiger partial charge in [0.05, 0.1) is 12.2 Å². The van der Waals surface area contributed by atoms with Crippen LogP contribution < -0.4 is 4.90 Å². The third-order valence-electron chi connectivity index (χ3n) is 5.73. The van der Waals surface area contributed by atoms with Crippen LogP contribution in [0, 0.1) is 11.3 Å². The Balaban J connectivity index is 1.71. The molecule has 0 aliphatic carbocycles. The van der Waals surface area contributed by atoms with Crippen molar-refractivity contribution in [1.82, 2.24) is 24.7 Å². The Morgan fingerprint density at radius 1 is 1.00 bits per heavy atom. The van der Waals surface area contributed by atoms with Crippen LogP contribution in [0.15, 0.2) is 6.20 Å². The van der Waals surface area contributed by atoms with Crippen molar-refractivity contribution in [2.24, 2.45) is 0 Å². The highest BCUT2D eigenvalue weighted by Crippen LogP contribution is 2.23. The Hall–Kier alpha value is -2.84. The molecule has 2 amide bonds. The van der Waals surface area contributed by atoms with Gasteiger partial charge in [0.25, 0.3) is 0 Å². The van der Waals surface area contributed by atoms with Crippen LogP contribution in [-0.4, -0.2) is 106 Å². The van der Waals surface area contributed by atoms with Crippen molar-refractivity contribution in [1.29, 1.82) is 5.26 Å². The van der Waals surface area contributed by atoms with Gasteiger partial charge in [0.15, 0.2) is 5.15 Å². The molecule has 0 bridgehead atoms. The molecule has 1 aromatic rings. The zero-order valence-electron chi connectivity index (χ0n) is 22.0. The van der Waals surface area contributed by atoms with E-state index >= 15 is 0 Å². The maximum atomic E-state index is 12.8. The first-order valence-electron chi connectivity index (χ1n) is 12.1. The number of hydrogen-bond donors (Lipinski definition) is 0. The first kappa shape index (κ1) is 27.7. The molecule has 2 fully saturated rings. The second kappa shape index (κ2) is 11.0. The van der Waals surface area contributed by atoms with E-state index in [-0.39, 0.29) is 28.9 Å². The number of anilines is 1. The predicted octanol–water partition coefficient (Wildman–Crippen LogP) is 2.98. The zero-order valence-corrected chi connectivity index (χ0v) is 22.7. The number of carbonyl (C=O) groups is 2. The van der Waals surface area contributed by atoms with Gasteiger partial charge in [0, 0.05) is 52.4 Å². The summed E-state index contributed by atoms with van der Waals surface area (Å²) in [5.41, 5.74) is -0.918. The summed E-state index contributed by atoms with van der Waals surface area (Å²) in [5, 5.41) is 9.27. The molecule has 36 heavy (non-hydrogen) atoms. The van der Waals surface area contributed by atoms with E-state index in [4.69, 9.17) is 26.3 Å². The predicted molar refractivity (Wildman–Crippen MR) is 135 cm³/mol. The van der Waals surface area contributed by atoms with Crippen LogP contribution in [0.2, 0.25) is 5.15 Å². The van der Waals surface area contributed by atoms with Crippen LogP contribution >= 0.6 is 11.6 Å². The van der Waals surface area contributed by atoms with Crippen molar-refractivity contribution in [3.05, 3.63) is 16.9 Å². The molecule has 11 nitrogen and oxygen atoms in total. The molecule has 2 aliphatic rings. The molecule has 1 atom stereocenters. The lowest BCUT2D eigenvalue weighted by atomic mass is 10.1. The van der Waals surface area contributed by atoms with Gasteiger partial charge in [-0.15, -0.1) is 0 Å². The van der Waals surface area contributed by atoms with Gasteiger partial charge in [-0.05, 0) is 41.5 Å². The van der Waals surface area contributed by atoms with Gasteiger partial charge in [-0.3, -0.25) is 4.90 Å². The van der Waals surface area contributed by atoms with Gasteiger partial charge in [0.1, 0.15) is 22.8 Å². The highest BCUT2D eigenvalue weighted by Gasteiger charge is 2.35. The monoisotopic (exact) mass is 521 g/mol. The van der Waals surface area contributed by atoms with Gasteiger partial charge in [0.2, 0.25) is 5.95 Å². The van der Waals surface area contributed by atoms with E-state index in [1.165, 1.54) is 6.20 Å². The minimum Gasteiger partial charge on any atom is -0.444 e. The summed E-state index contributed by atoms with van der Waals surface area (Å²) >= 11 is 6.19. The normalized spacial score (nSPS) is 19.6. The molecule has 1 aromatic heterocycles. The first-order valence-corrected chi connectivity index (χ1v) is 12.5. The molecule has 0 aromatic carbocycles. The number of hydrogen-bond acceptors (Lipinski definition) is 9. The van der Waals surface area contributed by atoms with E-state index in [2.05, 4.69) is 14.9 Å². The number of aromatic nitrogens is 2. The minimum absolute atomic E-state index is 0.0989. The van der Waals surface area contributed by atoms with Crippen LogP contribution in [0.5, 0.6) is 0 Å². The second-order valence-corrected chi connectivity index (χ2v) is 11.4. The second-order valence-electron chi connectivity index (χ2n) is 11.0. The van der Waals surface area contributed by atoms with E-state index in [0.29, 0.717) is 58.3 Å². The third kappa shape index (κ3) is 7.58. The van der Waals surface area contributed by atoms with Gasteiger partial charge in [-0.1, -0.05) is 11.6 Å². The fraction of sp³-hybridized carbons (Fsp3) is 0.708. The summed E-state index contributed by atoms with van der Waals surface area (Å²) in [7, 11) is 0. The Morgan fingerprint density at radius 2 is 1.56 bits per heavy atom. The molecule has 0 spiro atoms. The quantitative estimate of drug-likeness (QED) is 0.553. The van der Waals surface area contributed by atoms with E-state index in [1.54, 1.807) is 9.80 Å².